The Hall–Kier alpha value is -3.17. The number of rotatable bonds is 3. The molecule has 5 rings (SSSR count). The maximum atomic E-state index is 13.5. The second kappa shape index (κ2) is 7.18. The molecule has 10 nitrogen and oxygen atoms in total. The predicted octanol–water partition coefficient (Wildman–Crippen LogP) is 1.41. The summed E-state index contributed by atoms with van der Waals surface area (Å²) in [5.74, 6) is -5.65. The molecule has 1 saturated heterocycles. The molecule has 188 valence electrons. The third-order valence-electron chi connectivity index (χ3n) is 9.18. The molecule has 0 aromatic rings. The summed E-state index contributed by atoms with van der Waals surface area (Å²) in [6.07, 6.45) is 3.88. The monoisotopic (exact) mass is 488 g/mol. The van der Waals surface area contributed by atoms with E-state index in [0.29, 0.717) is 24.8 Å². The van der Waals surface area contributed by atoms with Gasteiger partial charge in [-0.05, 0) is 55.7 Å². The minimum absolute atomic E-state index is 0.226. The SMILES string of the molecule is C=C1C[C@]23C[C@@]1(OC(=O)C(=O)OC)CC[C@H]2[C@@]12C=C[C@H](OC(C)=O)[C@@](C)(C(=O)O1)[C@H]2[C@@H]3C(=O)OC. The summed E-state index contributed by atoms with van der Waals surface area (Å²) in [6, 6.07) is 0. The summed E-state index contributed by atoms with van der Waals surface area (Å²) >= 11 is 0. The first-order valence-corrected chi connectivity index (χ1v) is 11.6. The van der Waals surface area contributed by atoms with Crippen LogP contribution < -0.4 is 0 Å². The molecule has 1 aliphatic heterocycles. The first-order chi connectivity index (χ1) is 16.4. The Morgan fingerprint density at radius 2 is 1.86 bits per heavy atom. The zero-order valence-electron chi connectivity index (χ0n) is 20.1. The van der Waals surface area contributed by atoms with E-state index in [-0.39, 0.29) is 12.3 Å². The van der Waals surface area contributed by atoms with Gasteiger partial charge in [-0.15, -0.1) is 0 Å². The van der Waals surface area contributed by atoms with E-state index in [9.17, 15) is 24.0 Å². The van der Waals surface area contributed by atoms with Crippen LogP contribution in [0.2, 0.25) is 0 Å². The Balaban J connectivity index is 1.64. The molecule has 35 heavy (non-hydrogen) atoms. The Morgan fingerprint density at radius 1 is 1.14 bits per heavy atom. The van der Waals surface area contributed by atoms with Crippen LogP contribution in [-0.2, 0) is 47.7 Å². The third kappa shape index (κ3) is 2.68. The highest BCUT2D eigenvalue weighted by Crippen LogP contribution is 2.78. The summed E-state index contributed by atoms with van der Waals surface area (Å²) in [7, 11) is 2.38. The van der Waals surface area contributed by atoms with Gasteiger partial charge in [-0.2, -0.15) is 0 Å². The second-order valence-electron chi connectivity index (χ2n) is 10.6. The second-order valence-corrected chi connectivity index (χ2v) is 10.6. The van der Waals surface area contributed by atoms with Crippen molar-refractivity contribution in [2.24, 2.45) is 28.6 Å². The highest BCUT2D eigenvalue weighted by atomic mass is 16.6. The topological polar surface area (TPSA) is 132 Å². The van der Waals surface area contributed by atoms with E-state index < -0.39 is 69.8 Å². The van der Waals surface area contributed by atoms with Crippen LogP contribution in [0.5, 0.6) is 0 Å². The number of carbonyl (C=O) groups is 5. The highest BCUT2D eigenvalue weighted by Gasteiger charge is 2.84. The minimum Gasteiger partial charge on any atom is -0.469 e. The largest absolute Gasteiger partial charge is 0.469 e. The van der Waals surface area contributed by atoms with Gasteiger partial charge >= 0.3 is 29.8 Å². The maximum absolute atomic E-state index is 13.5. The van der Waals surface area contributed by atoms with Gasteiger partial charge in [-0.1, -0.05) is 6.58 Å². The van der Waals surface area contributed by atoms with Crippen molar-refractivity contribution in [2.75, 3.05) is 14.2 Å². The zero-order chi connectivity index (χ0) is 25.6. The van der Waals surface area contributed by atoms with Crippen molar-refractivity contribution in [3.05, 3.63) is 24.3 Å². The molecule has 4 bridgehead atoms. The highest BCUT2D eigenvalue weighted by molar-refractivity contribution is 6.29. The normalized spacial score (nSPS) is 44.1. The average molecular weight is 488 g/mol. The lowest BCUT2D eigenvalue weighted by atomic mass is 9.61. The third-order valence-corrected chi connectivity index (χ3v) is 9.18. The van der Waals surface area contributed by atoms with Crippen molar-refractivity contribution in [3.8, 4) is 0 Å². The van der Waals surface area contributed by atoms with Gasteiger partial charge in [0.15, 0.2) is 0 Å². The number of methoxy groups -OCH3 is 2. The fourth-order valence-corrected chi connectivity index (χ4v) is 8.01. The lowest BCUT2D eigenvalue weighted by molar-refractivity contribution is -0.180. The van der Waals surface area contributed by atoms with E-state index in [1.807, 2.05) is 0 Å². The fourth-order valence-electron chi connectivity index (χ4n) is 8.01. The van der Waals surface area contributed by atoms with Gasteiger partial charge < -0.3 is 23.7 Å². The van der Waals surface area contributed by atoms with Crippen LogP contribution in [0, 0.1) is 28.6 Å². The fraction of sp³-hybridized carbons (Fsp3) is 0.640. The summed E-state index contributed by atoms with van der Waals surface area (Å²) in [4.78, 5) is 62.8. The first-order valence-electron chi connectivity index (χ1n) is 11.6. The predicted molar refractivity (Wildman–Crippen MR) is 115 cm³/mol. The van der Waals surface area contributed by atoms with Gasteiger partial charge in [-0.25, -0.2) is 9.59 Å². The molecule has 10 heteroatoms. The van der Waals surface area contributed by atoms with Crippen LogP contribution in [0.4, 0.5) is 0 Å². The van der Waals surface area contributed by atoms with Gasteiger partial charge in [0, 0.05) is 18.8 Å². The van der Waals surface area contributed by atoms with Crippen molar-refractivity contribution in [1.29, 1.82) is 0 Å². The van der Waals surface area contributed by atoms with Crippen LogP contribution >= 0.6 is 0 Å². The molecule has 0 aromatic heterocycles. The van der Waals surface area contributed by atoms with Crippen molar-refractivity contribution in [2.45, 2.75) is 56.8 Å². The van der Waals surface area contributed by atoms with Gasteiger partial charge in [-0.3, -0.25) is 14.4 Å². The van der Waals surface area contributed by atoms with E-state index in [1.165, 1.54) is 14.0 Å². The Labute approximate surface area is 201 Å². The molecule has 0 N–H and O–H groups in total. The lowest BCUT2D eigenvalue weighted by Crippen LogP contribution is -2.52. The molecule has 5 aliphatic rings. The van der Waals surface area contributed by atoms with Gasteiger partial charge in [0.2, 0.25) is 0 Å². The van der Waals surface area contributed by atoms with Crippen LogP contribution in [0.1, 0.15) is 39.5 Å². The maximum Gasteiger partial charge on any atom is 0.418 e. The Morgan fingerprint density at radius 3 is 2.49 bits per heavy atom. The van der Waals surface area contributed by atoms with Crippen LogP contribution in [0.3, 0.4) is 0 Å². The molecule has 3 saturated carbocycles. The molecular weight excluding hydrogens is 460 g/mol. The molecule has 0 amide bonds. The number of carbonyl (C=O) groups excluding carboxylic acids is 5. The van der Waals surface area contributed by atoms with Crippen molar-refractivity contribution >= 4 is 29.8 Å². The quantitative estimate of drug-likeness (QED) is 0.249. The minimum atomic E-state index is -1.32. The van der Waals surface area contributed by atoms with Crippen LogP contribution in [-0.4, -0.2) is 61.4 Å². The number of ether oxygens (including phenoxy) is 5. The van der Waals surface area contributed by atoms with E-state index >= 15 is 0 Å². The Kier molecular flexibility index (Phi) is 4.83. The standard InChI is InChI=1S/C25H28O10/c1-12-10-23-11-24(12,34-20(29)19(28)32-5)8-6-14(23)25-9-7-15(33-13(2)26)22(3,21(30)35-25)17(25)16(23)18(27)31-4/h7,9,14-17H,1,6,8,10-11H2,2-5H3/t14-,15+,16-,17-,22-,23+,24+,25-/m1/s1. The van der Waals surface area contributed by atoms with E-state index in [2.05, 4.69) is 11.3 Å². The molecule has 1 spiro atoms. The van der Waals surface area contributed by atoms with Crippen molar-refractivity contribution < 1.29 is 47.7 Å². The van der Waals surface area contributed by atoms with Crippen molar-refractivity contribution in [3.63, 3.8) is 0 Å². The lowest BCUT2D eigenvalue weighted by Gasteiger charge is -2.45. The van der Waals surface area contributed by atoms with Crippen LogP contribution in [0.25, 0.3) is 0 Å². The summed E-state index contributed by atoms with van der Waals surface area (Å²) in [5.41, 5.74) is -3.79. The van der Waals surface area contributed by atoms with Gasteiger partial charge in [0.05, 0.1) is 20.1 Å². The molecule has 0 unspecified atom stereocenters. The Bertz CT molecular complexity index is 1110. The molecular formula is C25H28O10. The average Bonchev–Trinajstić information content (AvgIpc) is 3.24. The molecule has 8 atom stereocenters. The summed E-state index contributed by atoms with van der Waals surface area (Å²) < 4.78 is 27.1. The molecule has 0 radical (unpaired) electrons. The van der Waals surface area contributed by atoms with Crippen LogP contribution in [0.15, 0.2) is 24.3 Å². The smallest absolute Gasteiger partial charge is 0.418 e. The number of esters is 5. The number of hydrogen-bond acceptors (Lipinski definition) is 10. The molecule has 4 aliphatic carbocycles. The first kappa shape index (κ1) is 23.6. The zero-order valence-corrected chi connectivity index (χ0v) is 20.1. The van der Waals surface area contributed by atoms with Crippen molar-refractivity contribution in [1.82, 2.24) is 0 Å². The summed E-state index contributed by atoms with van der Waals surface area (Å²) in [6.45, 7) is 7.09. The molecule has 4 fully saturated rings. The number of fused-ring (bicyclic) bond motifs is 1. The number of hydrogen-bond donors (Lipinski definition) is 0. The summed E-state index contributed by atoms with van der Waals surface area (Å²) in [5, 5.41) is 0. The van der Waals surface area contributed by atoms with E-state index in [0.717, 1.165) is 7.11 Å². The van der Waals surface area contributed by atoms with E-state index in [1.54, 1.807) is 19.1 Å². The van der Waals surface area contributed by atoms with Gasteiger partial charge in [0.25, 0.3) is 0 Å². The van der Waals surface area contributed by atoms with Gasteiger partial charge in [0.1, 0.15) is 22.7 Å². The van der Waals surface area contributed by atoms with E-state index in [4.69, 9.17) is 18.9 Å². The molecule has 1 heterocycles. The molecule has 0 aromatic carbocycles.